The first kappa shape index (κ1) is 9.31. The van der Waals surface area contributed by atoms with Crippen LogP contribution in [0.1, 0.15) is 25.7 Å². The fourth-order valence-corrected chi connectivity index (χ4v) is 2.92. The Labute approximate surface area is 74.9 Å². The lowest BCUT2D eigenvalue weighted by atomic mass is 9.84. The molecule has 2 rings (SSSR count). The Balaban J connectivity index is 2.02. The Morgan fingerprint density at radius 2 is 1.85 bits per heavy atom. The van der Waals surface area contributed by atoms with Gasteiger partial charge in [-0.05, 0) is 37.0 Å². The summed E-state index contributed by atoms with van der Waals surface area (Å²) < 4.78 is 36.5. The second-order valence-corrected chi connectivity index (χ2v) is 4.33. The van der Waals surface area contributed by atoms with E-state index in [-0.39, 0.29) is 5.92 Å². The summed E-state index contributed by atoms with van der Waals surface area (Å²) in [6.07, 6.45) is -3.09. The zero-order valence-electron chi connectivity index (χ0n) is 7.22. The maximum Gasteiger partial charge on any atom is 0.414 e. The van der Waals surface area contributed by atoms with Crippen LogP contribution in [0.5, 0.6) is 0 Å². The Morgan fingerprint density at radius 1 is 1.15 bits per heavy atom. The van der Waals surface area contributed by atoms with Crippen molar-refractivity contribution in [1.82, 2.24) is 0 Å². The summed E-state index contributed by atoms with van der Waals surface area (Å²) >= 11 is 0. The Morgan fingerprint density at radius 3 is 2.23 bits per heavy atom. The average molecular weight is 194 g/mol. The summed E-state index contributed by atoms with van der Waals surface area (Å²) in [5, 5.41) is 9.08. The molecule has 0 amide bonds. The van der Waals surface area contributed by atoms with Crippen molar-refractivity contribution in [2.75, 3.05) is 0 Å². The summed E-state index contributed by atoms with van der Waals surface area (Å²) in [7, 11) is 0. The van der Waals surface area contributed by atoms with Crippen molar-refractivity contribution in [1.29, 1.82) is 0 Å². The number of hydrogen-bond donors (Lipinski definition) is 1. The molecule has 4 unspecified atom stereocenters. The van der Waals surface area contributed by atoms with Gasteiger partial charge in [0.2, 0.25) is 0 Å². The molecule has 0 radical (unpaired) electrons. The zero-order valence-corrected chi connectivity index (χ0v) is 7.22. The van der Waals surface area contributed by atoms with Gasteiger partial charge in [0, 0.05) is 0 Å². The Hall–Kier alpha value is -0.250. The van der Waals surface area contributed by atoms with Crippen LogP contribution in [0.3, 0.4) is 0 Å². The Bertz CT molecular complexity index is 202. The molecule has 0 aromatic rings. The first-order chi connectivity index (χ1) is 5.98. The smallest absolute Gasteiger partial charge is 0.383 e. The zero-order chi connectivity index (χ0) is 9.64. The number of halogens is 3. The van der Waals surface area contributed by atoms with E-state index in [0.717, 1.165) is 19.3 Å². The fraction of sp³-hybridized carbons (Fsp3) is 1.00. The molecular weight excluding hydrogens is 181 g/mol. The molecule has 2 bridgehead atoms. The number of hydrogen-bond acceptors (Lipinski definition) is 1. The summed E-state index contributed by atoms with van der Waals surface area (Å²) in [5.41, 5.74) is 0. The molecule has 0 saturated heterocycles. The van der Waals surface area contributed by atoms with Crippen LogP contribution in [0.2, 0.25) is 0 Å². The highest BCUT2D eigenvalue weighted by atomic mass is 19.4. The van der Waals surface area contributed by atoms with Gasteiger partial charge in [0.15, 0.2) is 6.10 Å². The minimum atomic E-state index is -4.42. The van der Waals surface area contributed by atoms with E-state index in [9.17, 15) is 13.2 Å². The number of rotatable bonds is 1. The molecule has 0 spiro atoms. The molecule has 0 aromatic carbocycles. The quantitative estimate of drug-likeness (QED) is 0.679. The van der Waals surface area contributed by atoms with Crippen LogP contribution in [0.4, 0.5) is 13.2 Å². The third-order valence-corrected chi connectivity index (χ3v) is 3.53. The molecule has 2 saturated carbocycles. The lowest BCUT2D eigenvalue weighted by Gasteiger charge is -2.27. The molecule has 2 aliphatic carbocycles. The molecular formula is C9H13F3O. The molecule has 2 aliphatic rings. The summed E-state index contributed by atoms with van der Waals surface area (Å²) in [6, 6.07) is 0. The van der Waals surface area contributed by atoms with Gasteiger partial charge in [-0.25, -0.2) is 0 Å². The second kappa shape index (κ2) is 2.87. The minimum Gasteiger partial charge on any atom is -0.383 e. The highest BCUT2D eigenvalue weighted by Crippen LogP contribution is 2.51. The van der Waals surface area contributed by atoms with E-state index in [2.05, 4.69) is 0 Å². The van der Waals surface area contributed by atoms with Crippen molar-refractivity contribution < 1.29 is 18.3 Å². The molecule has 0 aromatic heterocycles. The predicted molar refractivity (Wildman–Crippen MR) is 41.0 cm³/mol. The molecule has 4 atom stereocenters. The van der Waals surface area contributed by atoms with Crippen LogP contribution in [0.25, 0.3) is 0 Å². The number of aliphatic hydroxyl groups is 1. The number of alkyl halides is 3. The van der Waals surface area contributed by atoms with Crippen LogP contribution < -0.4 is 0 Å². The molecule has 2 fully saturated rings. The summed E-state index contributed by atoms with van der Waals surface area (Å²) in [6.45, 7) is 0. The SMILES string of the molecule is OC(C1CC2CCC1C2)C(F)(F)F. The maximum absolute atomic E-state index is 12.2. The maximum atomic E-state index is 12.2. The van der Waals surface area contributed by atoms with Crippen molar-refractivity contribution in [3.05, 3.63) is 0 Å². The van der Waals surface area contributed by atoms with Gasteiger partial charge >= 0.3 is 6.18 Å². The predicted octanol–water partition coefficient (Wildman–Crippen LogP) is 2.35. The fourth-order valence-electron chi connectivity index (χ4n) is 2.92. The first-order valence-electron chi connectivity index (χ1n) is 4.73. The van der Waals surface area contributed by atoms with E-state index >= 15 is 0 Å². The van der Waals surface area contributed by atoms with E-state index in [1.807, 2.05) is 0 Å². The second-order valence-electron chi connectivity index (χ2n) is 4.33. The minimum absolute atomic E-state index is 0.127. The Kier molecular flexibility index (Phi) is 2.06. The van der Waals surface area contributed by atoms with Gasteiger partial charge in [0.1, 0.15) is 0 Å². The molecule has 0 aliphatic heterocycles. The third kappa shape index (κ3) is 1.56. The largest absolute Gasteiger partial charge is 0.414 e. The molecule has 13 heavy (non-hydrogen) atoms. The van der Waals surface area contributed by atoms with E-state index in [4.69, 9.17) is 5.11 Å². The van der Waals surface area contributed by atoms with Crippen LogP contribution in [-0.2, 0) is 0 Å². The van der Waals surface area contributed by atoms with Crippen LogP contribution in [0, 0.1) is 17.8 Å². The van der Waals surface area contributed by atoms with E-state index in [1.54, 1.807) is 0 Å². The molecule has 1 nitrogen and oxygen atoms in total. The summed E-state index contributed by atoms with van der Waals surface area (Å²) in [4.78, 5) is 0. The third-order valence-electron chi connectivity index (χ3n) is 3.53. The highest BCUT2D eigenvalue weighted by Gasteiger charge is 2.51. The molecule has 76 valence electrons. The standard InChI is InChI=1S/C9H13F3O/c10-9(11,12)8(13)7-4-5-1-2-6(7)3-5/h5-8,13H,1-4H2. The van der Waals surface area contributed by atoms with Gasteiger partial charge in [-0.3, -0.25) is 0 Å². The van der Waals surface area contributed by atoms with Crippen molar-refractivity contribution in [3.63, 3.8) is 0 Å². The van der Waals surface area contributed by atoms with E-state index in [1.165, 1.54) is 0 Å². The van der Waals surface area contributed by atoms with Gasteiger partial charge in [0.05, 0.1) is 0 Å². The highest BCUT2D eigenvalue weighted by molar-refractivity contribution is 4.94. The molecule has 1 N–H and O–H groups in total. The van der Waals surface area contributed by atoms with Gasteiger partial charge in [-0.2, -0.15) is 13.2 Å². The van der Waals surface area contributed by atoms with Gasteiger partial charge in [-0.1, -0.05) is 6.42 Å². The van der Waals surface area contributed by atoms with Crippen molar-refractivity contribution in [2.45, 2.75) is 38.0 Å². The summed E-state index contributed by atoms with van der Waals surface area (Å²) in [5.74, 6) is 0.0624. The van der Waals surface area contributed by atoms with Gasteiger partial charge in [-0.15, -0.1) is 0 Å². The van der Waals surface area contributed by atoms with Crippen LogP contribution >= 0.6 is 0 Å². The van der Waals surface area contributed by atoms with Gasteiger partial charge in [0.25, 0.3) is 0 Å². The van der Waals surface area contributed by atoms with E-state index in [0.29, 0.717) is 12.3 Å². The molecule has 4 heteroatoms. The topological polar surface area (TPSA) is 20.2 Å². The van der Waals surface area contributed by atoms with Crippen molar-refractivity contribution >= 4 is 0 Å². The van der Waals surface area contributed by atoms with Crippen molar-refractivity contribution in [2.24, 2.45) is 17.8 Å². The number of fused-ring (bicyclic) bond motifs is 2. The monoisotopic (exact) mass is 194 g/mol. The van der Waals surface area contributed by atoms with Crippen LogP contribution in [0.15, 0.2) is 0 Å². The lowest BCUT2D eigenvalue weighted by Crippen LogP contribution is -2.38. The van der Waals surface area contributed by atoms with Gasteiger partial charge < -0.3 is 5.11 Å². The number of aliphatic hydroxyl groups excluding tert-OH is 1. The first-order valence-corrected chi connectivity index (χ1v) is 4.73. The normalized spacial score (nSPS) is 41.1. The lowest BCUT2D eigenvalue weighted by molar-refractivity contribution is -0.224. The average Bonchev–Trinajstić information content (AvgIpc) is 2.60. The van der Waals surface area contributed by atoms with E-state index < -0.39 is 18.2 Å². The van der Waals surface area contributed by atoms with Crippen LogP contribution in [-0.4, -0.2) is 17.4 Å². The molecule has 0 heterocycles. The van der Waals surface area contributed by atoms with Crippen molar-refractivity contribution in [3.8, 4) is 0 Å².